The number of fused-ring (bicyclic) bond motifs is 1. The van der Waals surface area contributed by atoms with Gasteiger partial charge in [-0.1, -0.05) is 6.07 Å². The van der Waals surface area contributed by atoms with E-state index in [0.29, 0.717) is 17.7 Å². The average Bonchev–Trinajstić information content (AvgIpc) is 3.06. The molecule has 1 amide bonds. The first-order chi connectivity index (χ1) is 13.2. The summed E-state index contributed by atoms with van der Waals surface area (Å²) in [6.07, 6.45) is 1.54. The van der Waals surface area contributed by atoms with Gasteiger partial charge in [0, 0.05) is 6.54 Å². The van der Waals surface area contributed by atoms with Gasteiger partial charge >= 0.3 is 5.97 Å². The van der Waals surface area contributed by atoms with E-state index in [1.807, 2.05) is 5.32 Å². The summed E-state index contributed by atoms with van der Waals surface area (Å²) in [5.74, 6) is -3.62. The third-order valence-corrected chi connectivity index (χ3v) is 5.31. The molecule has 0 unspecified atom stereocenters. The number of hydrogen-bond acceptors (Lipinski definition) is 5. The number of carbonyl (C=O) groups is 2. The molecule has 0 spiro atoms. The van der Waals surface area contributed by atoms with E-state index in [-0.39, 0.29) is 12.1 Å². The first-order valence-corrected chi connectivity index (χ1v) is 10.0. The average molecular weight is 410 g/mol. The molecule has 0 saturated heterocycles. The summed E-state index contributed by atoms with van der Waals surface area (Å²) in [7, 11) is -3.40. The van der Waals surface area contributed by atoms with E-state index in [2.05, 4.69) is 0 Å². The van der Waals surface area contributed by atoms with Crippen molar-refractivity contribution in [2.24, 2.45) is 0 Å². The van der Waals surface area contributed by atoms with Gasteiger partial charge in [-0.05, 0) is 42.3 Å². The van der Waals surface area contributed by atoms with E-state index >= 15 is 0 Å². The van der Waals surface area contributed by atoms with Crippen LogP contribution in [0.15, 0.2) is 36.4 Å². The van der Waals surface area contributed by atoms with Crippen molar-refractivity contribution in [1.29, 1.82) is 0 Å². The standard InChI is InChI=1S/C18H16F2N2O5S/c1-28(25,26)22-8-7-11-9-12(5-6-15(11)22)18(24)27-10-16(23)21-17-13(19)3-2-4-14(17)20/h2-6,9H,7-8,10H2,1H3,(H,21,23). The number of esters is 1. The van der Waals surface area contributed by atoms with Gasteiger partial charge in [0.25, 0.3) is 5.91 Å². The predicted octanol–water partition coefficient (Wildman–Crippen LogP) is 2.08. The summed E-state index contributed by atoms with van der Waals surface area (Å²) in [6.45, 7) is -0.456. The fourth-order valence-corrected chi connectivity index (χ4v) is 3.81. The molecule has 0 bridgehead atoms. The number of sulfonamides is 1. The van der Waals surface area contributed by atoms with E-state index in [0.717, 1.165) is 24.5 Å². The smallest absolute Gasteiger partial charge is 0.338 e. The molecule has 0 atom stereocenters. The van der Waals surface area contributed by atoms with Crippen LogP contribution in [0.2, 0.25) is 0 Å². The molecular weight excluding hydrogens is 394 g/mol. The Hall–Kier alpha value is -3.01. The predicted molar refractivity (Wildman–Crippen MR) is 97.6 cm³/mol. The molecule has 0 fully saturated rings. The van der Waals surface area contributed by atoms with E-state index in [9.17, 15) is 26.8 Å². The lowest BCUT2D eigenvalue weighted by atomic mass is 10.1. The van der Waals surface area contributed by atoms with Gasteiger partial charge in [-0.15, -0.1) is 0 Å². The van der Waals surface area contributed by atoms with E-state index < -0.39 is 45.8 Å². The number of anilines is 2. The van der Waals surface area contributed by atoms with Crippen LogP contribution in [0.1, 0.15) is 15.9 Å². The molecule has 1 aliphatic rings. The molecule has 2 aromatic rings. The van der Waals surface area contributed by atoms with Gasteiger partial charge in [0.2, 0.25) is 10.0 Å². The second kappa shape index (κ2) is 7.55. The van der Waals surface area contributed by atoms with Crippen LogP contribution in [0.3, 0.4) is 0 Å². The molecule has 2 aromatic carbocycles. The second-order valence-electron chi connectivity index (χ2n) is 6.15. The maximum Gasteiger partial charge on any atom is 0.338 e. The Morgan fingerprint density at radius 1 is 1.18 bits per heavy atom. The number of benzene rings is 2. The Morgan fingerprint density at radius 2 is 1.86 bits per heavy atom. The highest BCUT2D eigenvalue weighted by atomic mass is 32.2. The van der Waals surface area contributed by atoms with Crippen molar-refractivity contribution < 1.29 is 31.5 Å². The van der Waals surface area contributed by atoms with E-state index in [4.69, 9.17) is 4.74 Å². The highest BCUT2D eigenvalue weighted by Crippen LogP contribution is 2.30. The number of nitrogens with one attached hydrogen (secondary N) is 1. The van der Waals surface area contributed by atoms with Crippen LogP contribution >= 0.6 is 0 Å². The van der Waals surface area contributed by atoms with Gasteiger partial charge in [0.1, 0.15) is 17.3 Å². The summed E-state index contributed by atoms with van der Waals surface area (Å²) in [5, 5.41) is 2.01. The van der Waals surface area contributed by atoms with Crippen LogP contribution in [0.4, 0.5) is 20.2 Å². The molecule has 3 rings (SSSR count). The first-order valence-electron chi connectivity index (χ1n) is 8.18. The summed E-state index contributed by atoms with van der Waals surface area (Å²) < 4.78 is 56.6. The van der Waals surface area contributed by atoms with Crippen molar-refractivity contribution >= 4 is 33.3 Å². The van der Waals surface area contributed by atoms with Gasteiger partial charge < -0.3 is 10.1 Å². The van der Waals surface area contributed by atoms with Crippen LogP contribution in [-0.2, 0) is 26.0 Å². The minimum absolute atomic E-state index is 0.138. The fraction of sp³-hybridized carbons (Fsp3) is 0.222. The van der Waals surface area contributed by atoms with Crippen LogP contribution in [-0.4, -0.2) is 39.7 Å². The molecule has 1 heterocycles. The highest BCUT2D eigenvalue weighted by molar-refractivity contribution is 7.92. The first kappa shape index (κ1) is 19.7. The largest absolute Gasteiger partial charge is 0.452 e. The zero-order valence-corrected chi connectivity index (χ0v) is 15.6. The van der Waals surface area contributed by atoms with Crippen molar-refractivity contribution in [3.8, 4) is 0 Å². The van der Waals surface area contributed by atoms with Gasteiger partial charge in [-0.25, -0.2) is 22.0 Å². The molecule has 1 N–H and O–H groups in total. The SMILES string of the molecule is CS(=O)(=O)N1CCc2cc(C(=O)OCC(=O)Nc3c(F)cccc3F)ccc21. The summed E-state index contributed by atoms with van der Waals surface area (Å²) >= 11 is 0. The number of ether oxygens (including phenoxy) is 1. The van der Waals surface area contributed by atoms with Crippen molar-refractivity contribution in [3.05, 3.63) is 59.2 Å². The lowest BCUT2D eigenvalue weighted by molar-refractivity contribution is -0.119. The highest BCUT2D eigenvalue weighted by Gasteiger charge is 2.27. The van der Waals surface area contributed by atoms with E-state index in [1.165, 1.54) is 22.5 Å². The third-order valence-electron chi connectivity index (χ3n) is 4.13. The molecule has 0 aromatic heterocycles. The van der Waals surface area contributed by atoms with Crippen LogP contribution < -0.4 is 9.62 Å². The molecule has 7 nitrogen and oxygen atoms in total. The Morgan fingerprint density at radius 3 is 2.50 bits per heavy atom. The number of amides is 1. The Balaban J connectivity index is 1.64. The minimum Gasteiger partial charge on any atom is -0.452 e. The summed E-state index contributed by atoms with van der Waals surface area (Å²) in [4.78, 5) is 23.9. The van der Waals surface area contributed by atoms with E-state index in [1.54, 1.807) is 0 Å². The van der Waals surface area contributed by atoms with Crippen molar-refractivity contribution in [3.63, 3.8) is 0 Å². The van der Waals surface area contributed by atoms with Crippen LogP contribution in [0.25, 0.3) is 0 Å². The van der Waals surface area contributed by atoms with Gasteiger partial charge in [-0.2, -0.15) is 0 Å². The lowest BCUT2D eigenvalue weighted by Crippen LogP contribution is -2.27. The van der Waals surface area contributed by atoms with Crippen LogP contribution in [0, 0.1) is 11.6 Å². The quantitative estimate of drug-likeness (QED) is 0.762. The Kier molecular flexibility index (Phi) is 5.32. The number of halogens is 2. The van der Waals surface area contributed by atoms with Crippen LogP contribution in [0.5, 0.6) is 0 Å². The Labute approximate surface area is 160 Å². The Bertz CT molecular complexity index is 1040. The zero-order valence-electron chi connectivity index (χ0n) is 14.7. The molecular formula is C18H16F2N2O5S. The number of rotatable bonds is 5. The molecule has 148 valence electrons. The van der Waals surface area contributed by atoms with Crippen molar-refractivity contribution in [2.75, 3.05) is 29.0 Å². The number of para-hydroxylation sites is 1. The topological polar surface area (TPSA) is 92.8 Å². The zero-order chi connectivity index (χ0) is 20.5. The maximum absolute atomic E-state index is 13.5. The summed E-state index contributed by atoms with van der Waals surface area (Å²) in [5.41, 5.74) is 0.672. The molecule has 10 heteroatoms. The third kappa shape index (κ3) is 4.11. The molecule has 0 aliphatic carbocycles. The fourth-order valence-electron chi connectivity index (χ4n) is 2.85. The lowest BCUT2D eigenvalue weighted by Gasteiger charge is -2.16. The molecule has 0 radical (unpaired) electrons. The second-order valence-corrected chi connectivity index (χ2v) is 8.06. The maximum atomic E-state index is 13.5. The number of nitrogens with zero attached hydrogens (tertiary/aromatic N) is 1. The van der Waals surface area contributed by atoms with Gasteiger partial charge in [0.05, 0.1) is 17.5 Å². The van der Waals surface area contributed by atoms with Crippen molar-refractivity contribution in [2.45, 2.75) is 6.42 Å². The normalized spacial score (nSPS) is 13.2. The number of hydrogen-bond donors (Lipinski definition) is 1. The van der Waals surface area contributed by atoms with Crippen molar-refractivity contribution in [1.82, 2.24) is 0 Å². The monoisotopic (exact) mass is 410 g/mol. The van der Waals surface area contributed by atoms with Gasteiger partial charge in [-0.3, -0.25) is 9.10 Å². The summed E-state index contributed by atoms with van der Waals surface area (Å²) in [6, 6.07) is 7.49. The molecule has 0 saturated carbocycles. The molecule has 1 aliphatic heterocycles. The minimum atomic E-state index is -3.40. The molecule has 28 heavy (non-hydrogen) atoms. The van der Waals surface area contributed by atoms with Gasteiger partial charge in [0.15, 0.2) is 6.61 Å². The number of carbonyl (C=O) groups excluding carboxylic acids is 2.